The van der Waals surface area contributed by atoms with Gasteiger partial charge in [-0.05, 0) is 59.5 Å². The van der Waals surface area contributed by atoms with Crippen LogP contribution in [0.15, 0.2) is 59.5 Å². The lowest BCUT2D eigenvalue weighted by molar-refractivity contribution is 0.371. The molecule has 0 heterocycles. The first-order valence-electron chi connectivity index (χ1n) is 11.4. The number of fused-ring (bicyclic) bond motifs is 2. The molecule has 0 saturated carbocycles. The molecule has 0 aromatic heterocycles. The van der Waals surface area contributed by atoms with Crippen LogP contribution in [0.4, 0.5) is 0 Å². The fourth-order valence-electron chi connectivity index (χ4n) is 4.60. The van der Waals surface area contributed by atoms with E-state index in [1.54, 1.807) is 7.11 Å². The average molecular weight is 477 g/mol. The molecule has 0 fully saturated rings. The van der Waals surface area contributed by atoms with Crippen molar-refractivity contribution in [2.24, 2.45) is 0 Å². The van der Waals surface area contributed by atoms with Crippen molar-refractivity contribution in [1.82, 2.24) is 0 Å². The maximum absolute atomic E-state index is 13.4. The number of methoxy groups -OCH3 is 1. The predicted molar refractivity (Wildman–Crippen MR) is 144 cm³/mol. The van der Waals surface area contributed by atoms with E-state index in [1.807, 2.05) is 26.0 Å². The quantitative estimate of drug-likeness (QED) is 0.284. The summed E-state index contributed by atoms with van der Waals surface area (Å²) in [5.41, 5.74) is 3.93. The van der Waals surface area contributed by atoms with Crippen LogP contribution in [0.5, 0.6) is 5.75 Å². The Labute approximate surface area is 200 Å². The number of aryl methyl sites for hydroxylation is 2. The van der Waals surface area contributed by atoms with E-state index >= 15 is 0 Å². The standard InChI is InChI=1S/C28H32O3SSi/c1-8-31-32(29)28-19(3)16-20-11-9-10-12-23(20)26(28)25-24-14-13-22(33(5,6)7)17-21(24)15-18(2)27(25)30-4/h9-17H,8H2,1-7H3. The molecule has 4 aromatic carbocycles. The fourth-order valence-corrected chi connectivity index (χ4v) is 6.81. The monoisotopic (exact) mass is 476 g/mol. The van der Waals surface area contributed by atoms with Crippen LogP contribution in [-0.2, 0) is 15.3 Å². The van der Waals surface area contributed by atoms with Gasteiger partial charge in [0.2, 0.25) is 0 Å². The van der Waals surface area contributed by atoms with E-state index in [4.69, 9.17) is 8.92 Å². The fraction of sp³-hybridized carbons (Fsp3) is 0.286. The number of hydrogen-bond donors (Lipinski definition) is 0. The highest BCUT2D eigenvalue weighted by Crippen LogP contribution is 2.46. The SMILES string of the molecule is CCOS(=O)c1c(C)cc2ccccc2c1-c1c(OC)c(C)cc2cc([Si](C)(C)C)ccc12. The van der Waals surface area contributed by atoms with Gasteiger partial charge in [-0.15, -0.1) is 0 Å². The van der Waals surface area contributed by atoms with E-state index in [9.17, 15) is 4.21 Å². The van der Waals surface area contributed by atoms with Crippen LogP contribution < -0.4 is 9.92 Å². The molecule has 33 heavy (non-hydrogen) atoms. The van der Waals surface area contributed by atoms with Gasteiger partial charge < -0.3 is 4.74 Å². The first-order valence-corrected chi connectivity index (χ1v) is 15.9. The summed E-state index contributed by atoms with van der Waals surface area (Å²) >= 11 is -1.59. The second kappa shape index (κ2) is 9.05. The van der Waals surface area contributed by atoms with Crippen molar-refractivity contribution in [2.45, 2.75) is 45.3 Å². The molecule has 0 radical (unpaired) electrons. The zero-order valence-electron chi connectivity index (χ0n) is 20.5. The van der Waals surface area contributed by atoms with Gasteiger partial charge in [-0.25, -0.2) is 4.21 Å². The zero-order valence-corrected chi connectivity index (χ0v) is 22.4. The zero-order chi connectivity index (χ0) is 23.9. The van der Waals surface area contributed by atoms with E-state index in [0.29, 0.717) is 6.61 Å². The molecule has 3 nitrogen and oxygen atoms in total. The van der Waals surface area contributed by atoms with Gasteiger partial charge in [-0.1, -0.05) is 73.4 Å². The maximum Gasteiger partial charge on any atom is 0.190 e. The summed E-state index contributed by atoms with van der Waals surface area (Å²) in [5.74, 6) is 0.814. The summed E-state index contributed by atoms with van der Waals surface area (Å²) < 4.78 is 25.0. The lowest BCUT2D eigenvalue weighted by Gasteiger charge is -2.22. The van der Waals surface area contributed by atoms with Gasteiger partial charge >= 0.3 is 0 Å². The third-order valence-corrected chi connectivity index (χ3v) is 9.53. The molecule has 0 amide bonds. The van der Waals surface area contributed by atoms with E-state index in [-0.39, 0.29) is 0 Å². The Morgan fingerprint density at radius 3 is 2.18 bits per heavy atom. The Morgan fingerprint density at radius 2 is 1.52 bits per heavy atom. The third kappa shape index (κ3) is 4.25. The molecule has 0 aliphatic heterocycles. The minimum Gasteiger partial charge on any atom is -0.496 e. The first-order chi connectivity index (χ1) is 15.7. The predicted octanol–water partition coefficient (Wildman–Crippen LogP) is 6.89. The van der Waals surface area contributed by atoms with Crippen LogP contribution in [0.2, 0.25) is 19.6 Å². The molecule has 0 aliphatic rings. The summed E-state index contributed by atoms with van der Waals surface area (Å²) in [6.07, 6.45) is 0. The maximum atomic E-state index is 13.4. The molecule has 0 aliphatic carbocycles. The number of benzene rings is 4. The van der Waals surface area contributed by atoms with Crippen molar-refractivity contribution in [2.75, 3.05) is 13.7 Å². The Morgan fingerprint density at radius 1 is 0.848 bits per heavy atom. The van der Waals surface area contributed by atoms with Crippen LogP contribution in [0.1, 0.15) is 18.1 Å². The Bertz CT molecular complexity index is 1390. The van der Waals surface area contributed by atoms with E-state index < -0.39 is 19.2 Å². The lowest BCUT2D eigenvalue weighted by Crippen LogP contribution is -2.37. The first kappa shape index (κ1) is 23.7. The third-order valence-electron chi connectivity index (χ3n) is 6.18. The number of rotatable bonds is 6. The highest BCUT2D eigenvalue weighted by molar-refractivity contribution is 7.80. The minimum atomic E-state index is -1.59. The molecule has 0 bridgehead atoms. The average Bonchev–Trinajstić information content (AvgIpc) is 2.76. The van der Waals surface area contributed by atoms with Crippen LogP contribution in [0.25, 0.3) is 32.7 Å². The summed E-state index contributed by atoms with van der Waals surface area (Å²) in [7, 11) is 0.235. The van der Waals surface area contributed by atoms with Crippen molar-refractivity contribution in [3.8, 4) is 16.9 Å². The summed E-state index contributed by atoms with van der Waals surface area (Å²) in [5, 5.41) is 5.85. The van der Waals surface area contributed by atoms with Crippen LogP contribution in [0.3, 0.4) is 0 Å². The number of hydrogen-bond acceptors (Lipinski definition) is 3. The molecule has 1 atom stereocenters. The normalized spacial score (nSPS) is 12.9. The topological polar surface area (TPSA) is 35.5 Å². The van der Waals surface area contributed by atoms with E-state index in [2.05, 4.69) is 69.0 Å². The summed E-state index contributed by atoms with van der Waals surface area (Å²) in [4.78, 5) is 0.718. The molecular weight excluding hydrogens is 444 g/mol. The van der Waals surface area contributed by atoms with Gasteiger partial charge in [-0.2, -0.15) is 0 Å². The molecule has 0 spiro atoms. The molecule has 1 unspecified atom stereocenters. The van der Waals surface area contributed by atoms with E-state index in [0.717, 1.165) is 49.1 Å². The molecule has 4 aromatic rings. The Balaban J connectivity index is 2.21. The second-order valence-corrected chi connectivity index (χ2v) is 15.7. The van der Waals surface area contributed by atoms with Crippen molar-refractivity contribution in [3.05, 3.63) is 65.7 Å². The van der Waals surface area contributed by atoms with Gasteiger partial charge in [0.25, 0.3) is 0 Å². The molecule has 5 heteroatoms. The van der Waals surface area contributed by atoms with Gasteiger partial charge in [0, 0.05) is 11.1 Å². The second-order valence-electron chi connectivity index (χ2n) is 9.55. The van der Waals surface area contributed by atoms with Gasteiger partial charge in [0.05, 0.1) is 26.7 Å². The molecule has 0 saturated heterocycles. The van der Waals surface area contributed by atoms with Gasteiger partial charge in [0.1, 0.15) is 5.75 Å². The van der Waals surface area contributed by atoms with Gasteiger partial charge in [-0.3, -0.25) is 4.18 Å². The Kier molecular flexibility index (Phi) is 6.49. The molecule has 4 rings (SSSR count). The molecule has 0 N–H and O–H groups in total. The van der Waals surface area contributed by atoms with Crippen molar-refractivity contribution in [3.63, 3.8) is 0 Å². The van der Waals surface area contributed by atoms with Crippen molar-refractivity contribution < 1.29 is 13.1 Å². The Hall–Kier alpha value is -2.47. The largest absolute Gasteiger partial charge is 0.496 e. The lowest BCUT2D eigenvalue weighted by atomic mass is 9.90. The summed E-state index contributed by atoms with van der Waals surface area (Å²) in [6, 6.07) is 19.4. The van der Waals surface area contributed by atoms with E-state index in [1.165, 1.54) is 10.6 Å². The van der Waals surface area contributed by atoms with Crippen LogP contribution in [0, 0.1) is 13.8 Å². The van der Waals surface area contributed by atoms with Gasteiger partial charge in [0.15, 0.2) is 11.1 Å². The van der Waals surface area contributed by atoms with Crippen molar-refractivity contribution >= 4 is 45.9 Å². The van der Waals surface area contributed by atoms with Crippen molar-refractivity contribution in [1.29, 1.82) is 0 Å². The van der Waals surface area contributed by atoms with Crippen LogP contribution >= 0.6 is 0 Å². The highest BCUT2D eigenvalue weighted by Gasteiger charge is 2.25. The minimum absolute atomic E-state index is 0.379. The van der Waals surface area contributed by atoms with Crippen LogP contribution in [-0.4, -0.2) is 26.0 Å². The number of ether oxygens (including phenoxy) is 1. The molecule has 172 valence electrons. The highest BCUT2D eigenvalue weighted by atomic mass is 32.2. The molecular formula is C28H32O3SSi. The smallest absolute Gasteiger partial charge is 0.190 e. The summed E-state index contributed by atoms with van der Waals surface area (Å²) in [6.45, 7) is 13.4.